The van der Waals surface area contributed by atoms with E-state index in [2.05, 4.69) is 15.9 Å². The Kier molecular flexibility index (Phi) is 3.69. The van der Waals surface area contributed by atoms with E-state index >= 15 is 0 Å². The van der Waals surface area contributed by atoms with Gasteiger partial charge < -0.3 is 0 Å². The lowest BCUT2D eigenvalue weighted by Gasteiger charge is -2.07. The molecule has 0 atom stereocenters. The number of ketones is 1. The molecule has 0 spiro atoms. The van der Waals surface area contributed by atoms with Gasteiger partial charge in [0, 0.05) is 16.1 Å². The molecule has 0 amide bonds. The molecule has 0 radical (unpaired) electrons. The second kappa shape index (κ2) is 4.65. The summed E-state index contributed by atoms with van der Waals surface area (Å²) in [5.41, 5.74) is -1.92. The highest BCUT2D eigenvalue weighted by molar-refractivity contribution is 9.10. The van der Waals surface area contributed by atoms with E-state index < -0.39 is 28.4 Å². The Labute approximate surface area is 97.5 Å². The van der Waals surface area contributed by atoms with Crippen molar-refractivity contribution in [3.05, 3.63) is 37.8 Å². The first-order valence-corrected chi connectivity index (χ1v) is 4.90. The Morgan fingerprint density at radius 1 is 1.50 bits per heavy atom. The first kappa shape index (κ1) is 12.7. The number of nitrogens with zero attached hydrogens (tertiary/aromatic N) is 1. The normalized spacial score (nSPS) is 10.6. The van der Waals surface area contributed by atoms with Gasteiger partial charge in [-0.1, -0.05) is 15.9 Å². The van der Waals surface area contributed by atoms with Gasteiger partial charge in [0.1, 0.15) is 5.56 Å². The summed E-state index contributed by atoms with van der Waals surface area (Å²) >= 11 is 2.93. The Morgan fingerprint density at radius 2 is 2.06 bits per heavy atom. The van der Waals surface area contributed by atoms with Crippen molar-refractivity contribution < 1.29 is 18.5 Å². The Balaban J connectivity index is 3.60. The van der Waals surface area contributed by atoms with E-state index in [4.69, 9.17) is 0 Å². The van der Waals surface area contributed by atoms with Crippen molar-refractivity contribution in [2.24, 2.45) is 0 Å². The maximum Gasteiger partial charge on any atom is 0.280 e. The number of carbonyl (C=O) groups excluding carboxylic acids is 1. The van der Waals surface area contributed by atoms with Crippen LogP contribution in [0.3, 0.4) is 0 Å². The van der Waals surface area contributed by atoms with Gasteiger partial charge in [0.25, 0.3) is 12.1 Å². The predicted octanol–water partition coefficient (Wildman–Crippen LogP) is 3.50. The SMILES string of the molecule is CC(=O)c1cc(Br)cc([N+](=O)[O-])c1C(F)F. The molecular weight excluding hydrogens is 288 g/mol. The molecule has 1 aromatic carbocycles. The molecule has 7 heteroatoms. The molecule has 0 fully saturated rings. The number of hydrogen-bond donors (Lipinski definition) is 0. The van der Waals surface area contributed by atoms with Crippen LogP contribution in [-0.4, -0.2) is 10.7 Å². The molecule has 0 heterocycles. The summed E-state index contributed by atoms with van der Waals surface area (Å²) in [7, 11) is 0. The molecule has 0 aliphatic rings. The highest BCUT2D eigenvalue weighted by Gasteiger charge is 2.27. The monoisotopic (exact) mass is 293 g/mol. The van der Waals surface area contributed by atoms with Gasteiger partial charge in [-0.2, -0.15) is 0 Å². The first-order chi connectivity index (χ1) is 7.34. The largest absolute Gasteiger partial charge is 0.294 e. The zero-order chi connectivity index (χ0) is 12.5. The summed E-state index contributed by atoms with van der Waals surface area (Å²) < 4.78 is 25.6. The van der Waals surface area contributed by atoms with E-state index in [0.29, 0.717) is 0 Å². The standard InChI is InChI=1S/C9H6BrF2NO3/c1-4(14)6-2-5(10)3-7(13(15)16)8(6)9(11)12/h2-3,9H,1H3. The van der Waals surface area contributed by atoms with Crippen LogP contribution < -0.4 is 0 Å². The number of nitro groups is 1. The van der Waals surface area contributed by atoms with Crippen LogP contribution in [0, 0.1) is 10.1 Å². The number of rotatable bonds is 3. The summed E-state index contributed by atoms with van der Waals surface area (Å²) in [6.45, 7) is 1.08. The molecule has 1 rings (SSSR count). The minimum absolute atomic E-state index is 0.216. The lowest BCUT2D eigenvalue weighted by atomic mass is 10.0. The number of alkyl halides is 2. The lowest BCUT2D eigenvalue weighted by molar-refractivity contribution is -0.386. The molecule has 0 aromatic heterocycles. The summed E-state index contributed by atoms with van der Waals surface area (Å²) in [5, 5.41) is 10.6. The fourth-order valence-corrected chi connectivity index (χ4v) is 1.72. The topological polar surface area (TPSA) is 60.2 Å². The maximum atomic E-state index is 12.7. The van der Waals surface area contributed by atoms with Crippen molar-refractivity contribution in [1.29, 1.82) is 0 Å². The number of Topliss-reactive ketones (excluding diaryl/α,β-unsaturated/α-hetero) is 1. The molecule has 1 aromatic rings. The summed E-state index contributed by atoms with van der Waals surface area (Å²) in [6, 6.07) is 2.10. The molecule has 0 aliphatic carbocycles. The number of carbonyl (C=O) groups is 1. The van der Waals surface area contributed by atoms with Gasteiger partial charge in [-0.3, -0.25) is 14.9 Å². The fourth-order valence-electron chi connectivity index (χ4n) is 1.28. The Morgan fingerprint density at radius 3 is 2.44 bits per heavy atom. The van der Waals surface area contributed by atoms with Crippen LogP contribution in [0.2, 0.25) is 0 Å². The van der Waals surface area contributed by atoms with Crippen molar-refractivity contribution in [2.75, 3.05) is 0 Å². The van der Waals surface area contributed by atoms with Crippen LogP contribution in [0.25, 0.3) is 0 Å². The van der Waals surface area contributed by atoms with Crippen LogP contribution in [0.5, 0.6) is 0 Å². The van der Waals surface area contributed by atoms with Crippen molar-refractivity contribution in [3.63, 3.8) is 0 Å². The highest BCUT2D eigenvalue weighted by Crippen LogP contribution is 2.35. The summed E-state index contributed by atoms with van der Waals surface area (Å²) in [6.07, 6.45) is -3.06. The molecule has 4 nitrogen and oxygen atoms in total. The zero-order valence-electron chi connectivity index (χ0n) is 8.04. The average Bonchev–Trinajstić information content (AvgIpc) is 2.15. The van der Waals surface area contributed by atoms with Gasteiger partial charge in [-0.05, 0) is 13.0 Å². The summed E-state index contributed by atoms with van der Waals surface area (Å²) in [4.78, 5) is 20.8. The van der Waals surface area contributed by atoms with Crippen molar-refractivity contribution in [1.82, 2.24) is 0 Å². The van der Waals surface area contributed by atoms with E-state index in [9.17, 15) is 23.7 Å². The quantitative estimate of drug-likeness (QED) is 0.487. The van der Waals surface area contributed by atoms with E-state index in [1.807, 2.05) is 0 Å². The van der Waals surface area contributed by atoms with Crippen LogP contribution in [0.1, 0.15) is 29.3 Å². The maximum absolute atomic E-state index is 12.7. The van der Waals surface area contributed by atoms with E-state index in [-0.39, 0.29) is 10.0 Å². The van der Waals surface area contributed by atoms with Gasteiger partial charge in [0.05, 0.1) is 4.92 Å². The van der Waals surface area contributed by atoms with Crippen molar-refractivity contribution in [2.45, 2.75) is 13.3 Å². The molecule has 0 saturated heterocycles. The van der Waals surface area contributed by atoms with Gasteiger partial charge in [-0.15, -0.1) is 0 Å². The van der Waals surface area contributed by atoms with Gasteiger partial charge >= 0.3 is 0 Å². The average molecular weight is 294 g/mol. The number of halogens is 3. The third kappa shape index (κ3) is 2.41. The minimum atomic E-state index is -3.06. The zero-order valence-corrected chi connectivity index (χ0v) is 9.62. The number of hydrogen-bond acceptors (Lipinski definition) is 3. The third-order valence-electron chi connectivity index (χ3n) is 1.92. The van der Waals surface area contributed by atoms with E-state index in [1.165, 1.54) is 0 Å². The molecule has 86 valence electrons. The summed E-state index contributed by atoms with van der Waals surface area (Å²) in [5.74, 6) is -0.639. The van der Waals surface area contributed by atoms with Gasteiger partial charge in [-0.25, -0.2) is 8.78 Å². The van der Waals surface area contributed by atoms with Crippen LogP contribution in [-0.2, 0) is 0 Å². The lowest BCUT2D eigenvalue weighted by Crippen LogP contribution is -2.05. The molecule has 0 aliphatic heterocycles. The van der Waals surface area contributed by atoms with Gasteiger partial charge in [0.15, 0.2) is 5.78 Å². The molecule has 16 heavy (non-hydrogen) atoms. The smallest absolute Gasteiger partial charge is 0.280 e. The molecule has 0 saturated carbocycles. The molecule has 0 N–H and O–H groups in total. The second-order valence-corrected chi connectivity index (χ2v) is 3.92. The first-order valence-electron chi connectivity index (χ1n) is 4.11. The molecular formula is C9H6BrF2NO3. The molecule has 0 bridgehead atoms. The Hall–Kier alpha value is -1.37. The Bertz CT molecular complexity index is 427. The van der Waals surface area contributed by atoms with E-state index in [1.54, 1.807) is 0 Å². The van der Waals surface area contributed by atoms with Crippen molar-refractivity contribution >= 4 is 27.4 Å². The van der Waals surface area contributed by atoms with Crippen LogP contribution >= 0.6 is 15.9 Å². The van der Waals surface area contributed by atoms with E-state index in [0.717, 1.165) is 19.1 Å². The predicted molar refractivity (Wildman–Crippen MR) is 55.8 cm³/mol. The highest BCUT2D eigenvalue weighted by atomic mass is 79.9. The molecule has 0 unspecified atom stereocenters. The van der Waals surface area contributed by atoms with Gasteiger partial charge in [0.2, 0.25) is 0 Å². The number of nitro benzene ring substituents is 1. The minimum Gasteiger partial charge on any atom is -0.294 e. The second-order valence-electron chi connectivity index (χ2n) is 3.00. The van der Waals surface area contributed by atoms with Crippen LogP contribution in [0.4, 0.5) is 14.5 Å². The fraction of sp³-hybridized carbons (Fsp3) is 0.222. The number of benzene rings is 1. The van der Waals surface area contributed by atoms with Crippen LogP contribution in [0.15, 0.2) is 16.6 Å². The third-order valence-corrected chi connectivity index (χ3v) is 2.38. The van der Waals surface area contributed by atoms with Crippen molar-refractivity contribution in [3.8, 4) is 0 Å².